The van der Waals surface area contributed by atoms with Crippen LogP contribution in [0.1, 0.15) is 28.8 Å². The molecule has 0 saturated carbocycles. The Hall–Kier alpha value is -2.25. The maximum Gasteiger partial charge on any atom is 0.335 e. The van der Waals surface area contributed by atoms with Crippen molar-refractivity contribution in [1.82, 2.24) is 0 Å². The van der Waals surface area contributed by atoms with Crippen molar-refractivity contribution in [2.75, 3.05) is 18.0 Å². The highest BCUT2D eigenvalue weighted by atomic mass is 35.5. The zero-order valence-electron chi connectivity index (χ0n) is 14.1. The third kappa shape index (κ3) is 3.37. The van der Waals surface area contributed by atoms with Gasteiger partial charge in [0.15, 0.2) is 0 Å². The van der Waals surface area contributed by atoms with Gasteiger partial charge in [-0.05, 0) is 55.2 Å². The summed E-state index contributed by atoms with van der Waals surface area (Å²) in [6.07, 6.45) is 2.17. The zero-order valence-corrected chi connectivity index (χ0v) is 15.7. The predicted molar refractivity (Wildman–Crippen MR) is 98.9 cm³/mol. The van der Waals surface area contributed by atoms with Gasteiger partial charge in [0.05, 0.1) is 18.4 Å². The first kappa shape index (κ1) is 18.5. The number of anilines is 1. The van der Waals surface area contributed by atoms with Gasteiger partial charge in [0.1, 0.15) is 10.6 Å². The highest BCUT2D eigenvalue weighted by Crippen LogP contribution is 2.36. The fourth-order valence-electron chi connectivity index (χ4n) is 3.05. The van der Waals surface area contributed by atoms with E-state index in [2.05, 4.69) is 0 Å². The van der Waals surface area contributed by atoms with Gasteiger partial charge in [0.2, 0.25) is 0 Å². The molecule has 138 valence electrons. The number of fused-ring (bicyclic) bond motifs is 1. The van der Waals surface area contributed by atoms with Crippen molar-refractivity contribution in [1.29, 1.82) is 0 Å². The van der Waals surface area contributed by atoms with E-state index in [9.17, 15) is 18.3 Å². The number of hydrogen-bond acceptors (Lipinski definition) is 4. The Morgan fingerprint density at radius 1 is 1.19 bits per heavy atom. The first-order chi connectivity index (χ1) is 12.3. The summed E-state index contributed by atoms with van der Waals surface area (Å²) in [7, 11) is -2.59. The van der Waals surface area contributed by atoms with E-state index >= 15 is 0 Å². The molecule has 26 heavy (non-hydrogen) atoms. The van der Waals surface area contributed by atoms with Gasteiger partial charge in [-0.2, -0.15) is 0 Å². The molecule has 1 aliphatic rings. The van der Waals surface area contributed by atoms with E-state index in [0.717, 1.165) is 12.0 Å². The molecule has 3 rings (SSSR count). The van der Waals surface area contributed by atoms with Crippen LogP contribution in [0.3, 0.4) is 0 Å². The number of sulfonamides is 1. The molecule has 0 spiro atoms. The smallest absolute Gasteiger partial charge is 0.335 e. The molecule has 2 aromatic carbocycles. The number of aryl methyl sites for hydroxylation is 1. The molecule has 0 amide bonds. The maximum absolute atomic E-state index is 13.4. The third-order valence-corrected chi connectivity index (χ3v) is 6.42. The molecule has 0 unspecified atom stereocenters. The highest BCUT2D eigenvalue weighted by molar-refractivity contribution is 7.93. The van der Waals surface area contributed by atoms with Crippen LogP contribution in [-0.4, -0.2) is 33.1 Å². The highest BCUT2D eigenvalue weighted by Gasteiger charge is 2.31. The van der Waals surface area contributed by atoms with Gasteiger partial charge >= 0.3 is 5.97 Å². The lowest BCUT2D eigenvalue weighted by Crippen LogP contribution is -2.32. The summed E-state index contributed by atoms with van der Waals surface area (Å²) in [5.74, 6) is -0.913. The summed E-state index contributed by atoms with van der Waals surface area (Å²) in [5, 5.41) is 9.55. The minimum absolute atomic E-state index is 0.0407. The van der Waals surface area contributed by atoms with Crippen LogP contribution in [-0.2, 0) is 16.4 Å². The molecule has 1 heterocycles. The van der Waals surface area contributed by atoms with Crippen LogP contribution in [0.4, 0.5) is 5.69 Å². The Balaban J connectivity index is 2.19. The van der Waals surface area contributed by atoms with E-state index < -0.39 is 16.0 Å². The van der Waals surface area contributed by atoms with Crippen LogP contribution in [0.25, 0.3) is 0 Å². The van der Waals surface area contributed by atoms with Crippen LogP contribution in [0.15, 0.2) is 41.3 Å². The lowest BCUT2D eigenvalue weighted by Gasteiger charge is -2.25. The molecule has 6 nitrogen and oxygen atoms in total. The van der Waals surface area contributed by atoms with E-state index in [-0.39, 0.29) is 27.8 Å². The standard InChI is InChI=1S/C18H18ClNO5S/c1-25-16-8-7-14(19)11-17(16)26(23,24)20-9-3-2-4-12-5-6-13(18(21)22)10-15(12)20/h5-8,10-11H,2-4,9H2,1H3,(H,21,22). The summed E-state index contributed by atoms with van der Waals surface area (Å²) in [6, 6.07) is 9.00. The number of hydrogen-bond donors (Lipinski definition) is 1. The van der Waals surface area contributed by atoms with Gasteiger partial charge in [0.25, 0.3) is 10.0 Å². The fourth-order valence-corrected chi connectivity index (χ4v) is 5.01. The Kier molecular flexibility index (Phi) is 5.11. The van der Waals surface area contributed by atoms with E-state index in [1.807, 2.05) is 0 Å². The van der Waals surface area contributed by atoms with Gasteiger partial charge < -0.3 is 9.84 Å². The summed E-state index contributed by atoms with van der Waals surface area (Å²) in [4.78, 5) is 11.3. The zero-order chi connectivity index (χ0) is 18.9. The van der Waals surface area contributed by atoms with Gasteiger partial charge in [-0.3, -0.25) is 4.31 Å². The average Bonchev–Trinajstić information content (AvgIpc) is 2.83. The number of ether oxygens (including phenoxy) is 1. The summed E-state index contributed by atoms with van der Waals surface area (Å²) in [6.45, 7) is 0.258. The molecule has 1 N–H and O–H groups in total. The number of nitrogens with zero attached hydrogens (tertiary/aromatic N) is 1. The number of rotatable bonds is 4. The summed E-state index contributed by atoms with van der Waals surface area (Å²) < 4.78 is 33.2. The number of carboxylic acids is 1. The van der Waals surface area contributed by atoms with Gasteiger partial charge in [-0.15, -0.1) is 0 Å². The molecule has 0 fully saturated rings. The largest absolute Gasteiger partial charge is 0.495 e. The predicted octanol–water partition coefficient (Wildman–Crippen LogP) is 3.58. The number of aromatic carboxylic acids is 1. The fraction of sp³-hybridized carbons (Fsp3) is 0.278. The van der Waals surface area contributed by atoms with Gasteiger partial charge in [-0.25, -0.2) is 13.2 Å². The van der Waals surface area contributed by atoms with Crippen LogP contribution in [0.2, 0.25) is 5.02 Å². The minimum atomic E-state index is -3.98. The lowest BCUT2D eigenvalue weighted by molar-refractivity contribution is 0.0697. The van der Waals surface area contributed by atoms with Crippen molar-refractivity contribution >= 4 is 33.3 Å². The van der Waals surface area contributed by atoms with E-state index in [1.165, 1.54) is 35.7 Å². The molecule has 8 heteroatoms. The number of carboxylic acid groups (broad SMARTS) is 1. The second-order valence-electron chi connectivity index (χ2n) is 5.98. The monoisotopic (exact) mass is 395 g/mol. The normalized spacial score (nSPS) is 14.5. The Morgan fingerprint density at radius 3 is 2.65 bits per heavy atom. The second kappa shape index (κ2) is 7.17. The van der Waals surface area contributed by atoms with Crippen molar-refractivity contribution in [3.63, 3.8) is 0 Å². The first-order valence-electron chi connectivity index (χ1n) is 8.07. The molecule has 0 saturated heterocycles. The number of halogens is 1. The SMILES string of the molecule is COc1ccc(Cl)cc1S(=O)(=O)N1CCCCc2ccc(C(=O)O)cc21. The Labute approximate surface area is 157 Å². The minimum Gasteiger partial charge on any atom is -0.495 e. The molecule has 2 aromatic rings. The van der Waals surface area contributed by atoms with Crippen molar-refractivity contribution in [2.24, 2.45) is 0 Å². The van der Waals surface area contributed by atoms with Crippen LogP contribution in [0.5, 0.6) is 5.75 Å². The number of benzene rings is 2. The quantitative estimate of drug-likeness (QED) is 0.855. The summed E-state index contributed by atoms with van der Waals surface area (Å²) >= 11 is 6.00. The molecular formula is C18H18ClNO5S. The Morgan fingerprint density at radius 2 is 1.96 bits per heavy atom. The molecule has 1 aliphatic heterocycles. The first-order valence-corrected chi connectivity index (χ1v) is 9.89. The molecule has 0 radical (unpaired) electrons. The second-order valence-corrected chi connectivity index (χ2v) is 8.25. The van der Waals surface area contributed by atoms with Crippen LogP contribution < -0.4 is 9.04 Å². The van der Waals surface area contributed by atoms with Crippen molar-refractivity contribution in [3.05, 3.63) is 52.5 Å². The molecular weight excluding hydrogens is 378 g/mol. The number of carbonyl (C=O) groups is 1. The van der Waals surface area contributed by atoms with E-state index in [4.69, 9.17) is 16.3 Å². The van der Waals surface area contributed by atoms with Crippen molar-refractivity contribution in [3.8, 4) is 5.75 Å². The topological polar surface area (TPSA) is 83.9 Å². The van der Waals surface area contributed by atoms with Crippen molar-refractivity contribution in [2.45, 2.75) is 24.2 Å². The van der Waals surface area contributed by atoms with Gasteiger partial charge in [-0.1, -0.05) is 17.7 Å². The van der Waals surface area contributed by atoms with E-state index in [0.29, 0.717) is 18.5 Å². The number of methoxy groups -OCH3 is 1. The van der Waals surface area contributed by atoms with Crippen LogP contribution >= 0.6 is 11.6 Å². The van der Waals surface area contributed by atoms with Gasteiger partial charge in [0, 0.05) is 11.6 Å². The van der Waals surface area contributed by atoms with Crippen molar-refractivity contribution < 1.29 is 23.1 Å². The average molecular weight is 396 g/mol. The molecule has 0 atom stereocenters. The lowest BCUT2D eigenvalue weighted by atomic mass is 10.1. The molecule has 0 bridgehead atoms. The third-order valence-electron chi connectivity index (χ3n) is 4.35. The molecule has 0 aliphatic carbocycles. The van der Waals surface area contributed by atoms with Crippen LogP contribution in [0, 0.1) is 0 Å². The Bertz CT molecular complexity index is 958. The molecule has 0 aromatic heterocycles. The van der Waals surface area contributed by atoms with E-state index in [1.54, 1.807) is 12.1 Å². The summed E-state index contributed by atoms with van der Waals surface area (Å²) in [5.41, 5.74) is 1.24. The maximum atomic E-state index is 13.4.